The van der Waals surface area contributed by atoms with E-state index in [1.807, 2.05) is 30.3 Å². The molecule has 0 saturated carbocycles. The van der Waals surface area contributed by atoms with Gasteiger partial charge in [0.2, 0.25) is 3.79 Å². The summed E-state index contributed by atoms with van der Waals surface area (Å²) in [5, 5.41) is 17.2. The van der Waals surface area contributed by atoms with E-state index >= 15 is 0 Å². The van der Waals surface area contributed by atoms with Crippen LogP contribution in [0.2, 0.25) is 0 Å². The minimum atomic E-state index is -1.76. The highest BCUT2D eigenvalue weighted by molar-refractivity contribution is 6.68. The Morgan fingerprint density at radius 2 is 1.65 bits per heavy atom. The maximum absolute atomic E-state index is 10.1. The average Bonchev–Trinajstić information content (AvgIpc) is 2.27. The van der Waals surface area contributed by atoms with Crippen LogP contribution in [0.15, 0.2) is 30.3 Å². The molecular weight excluding hydrogens is 326 g/mol. The predicted molar refractivity (Wildman–Crippen MR) is 80.6 cm³/mol. The summed E-state index contributed by atoms with van der Waals surface area (Å²) in [5.74, 6) is 0. The average molecular weight is 344 g/mol. The number of halogens is 3. The van der Waals surface area contributed by atoms with Gasteiger partial charge in [-0.05, 0) is 26.3 Å². The zero-order valence-corrected chi connectivity index (χ0v) is 13.6. The molecule has 1 unspecified atom stereocenters. The smallest absolute Gasteiger partial charge is 0.450 e. The second-order valence-electron chi connectivity index (χ2n) is 4.46. The van der Waals surface area contributed by atoms with Gasteiger partial charge in [-0.15, -0.1) is 0 Å². The van der Waals surface area contributed by atoms with Crippen LogP contribution in [-0.2, 0) is 4.74 Å². The number of carbonyl (C=O) groups is 1. The SMILES string of the molecule is CC(C)(OC(=O)O)C(Cl)(Cl)Cl.CC(O)c1ccccc1. The summed E-state index contributed by atoms with van der Waals surface area (Å²) in [5.41, 5.74) is -0.374. The number of hydrogen-bond acceptors (Lipinski definition) is 3. The summed E-state index contributed by atoms with van der Waals surface area (Å²) in [7, 11) is 0. The van der Waals surface area contributed by atoms with Crippen LogP contribution in [0, 0.1) is 0 Å². The lowest BCUT2D eigenvalue weighted by molar-refractivity contribution is 0.00613. The lowest BCUT2D eigenvalue weighted by Gasteiger charge is -2.30. The fourth-order valence-electron chi connectivity index (χ4n) is 1.01. The van der Waals surface area contributed by atoms with E-state index in [2.05, 4.69) is 4.74 Å². The van der Waals surface area contributed by atoms with Gasteiger partial charge in [0.15, 0.2) is 5.60 Å². The molecule has 0 aromatic heterocycles. The monoisotopic (exact) mass is 342 g/mol. The van der Waals surface area contributed by atoms with Crippen molar-refractivity contribution in [2.45, 2.75) is 36.3 Å². The highest BCUT2D eigenvalue weighted by atomic mass is 35.6. The second kappa shape index (κ2) is 7.93. The van der Waals surface area contributed by atoms with Gasteiger partial charge in [0.1, 0.15) is 0 Å². The number of aliphatic hydroxyl groups is 1. The Labute approximate surface area is 133 Å². The Morgan fingerprint density at radius 3 is 1.85 bits per heavy atom. The molecule has 0 aliphatic heterocycles. The molecule has 0 radical (unpaired) electrons. The fraction of sp³-hybridized carbons (Fsp3) is 0.462. The zero-order chi connectivity index (χ0) is 16.0. The van der Waals surface area contributed by atoms with Gasteiger partial charge in [-0.3, -0.25) is 0 Å². The van der Waals surface area contributed by atoms with Gasteiger partial charge in [-0.2, -0.15) is 0 Å². The third-order valence-corrected chi connectivity index (χ3v) is 3.67. The molecule has 0 aliphatic rings. The highest BCUT2D eigenvalue weighted by Gasteiger charge is 2.44. The van der Waals surface area contributed by atoms with Crippen molar-refractivity contribution in [2.24, 2.45) is 0 Å². The van der Waals surface area contributed by atoms with Gasteiger partial charge in [-0.25, -0.2) is 4.79 Å². The van der Waals surface area contributed by atoms with Crippen molar-refractivity contribution in [2.75, 3.05) is 0 Å². The van der Waals surface area contributed by atoms with Crippen molar-refractivity contribution < 1.29 is 19.7 Å². The number of carboxylic acid groups (broad SMARTS) is 1. The van der Waals surface area contributed by atoms with Gasteiger partial charge in [0.05, 0.1) is 6.10 Å². The molecule has 20 heavy (non-hydrogen) atoms. The molecule has 2 N–H and O–H groups in total. The lowest BCUT2D eigenvalue weighted by atomic mass is 10.1. The van der Waals surface area contributed by atoms with Gasteiger partial charge in [0, 0.05) is 0 Å². The van der Waals surface area contributed by atoms with E-state index < -0.39 is 15.5 Å². The number of alkyl halides is 3. The summed E-state index contributed by atoms with van der Waals surface area (Å²) in [4.78, 5) is 10.1. The molecule has 0 spiro atoms. The van der Waals surface area contributed by atoms with Crippen molar-refractivity contribution in [3.05, 3.63) is 35.9 Å². The number of aliphatic hydroxyl groups excluding tert-OH is 1. The quantitative estimate of drug-likeness (QED) is 0.610. The van der Waals surface area contributed by atoms with Gasteiger partial charge >= 0.3 is 6.16 Å². The van der Waals surface area contributed by atoms with Crippen molar-refractivity contribution in [3.63, 3.8) is 0 Å². The molecule has 1 rings (SSSR count). The van der Waals surface area contributed by atoms with Crippen molar-refractivity contribution in [1.82, 2.24) is 0 Å². The second-order valence-corrected chi connectivity index (χ2v) is 6.74. The summed E-state index contributed by atoms with van der Waals surface area (Å²) in [6, 6.07) is 9.59. The molecule has 0 fully saturated rings. The maximum Gasteiger partial charge on any atom is 0.506 e. The van der Waals surface area contributed by atoms with Gasteiger partial charge < -0.3 is 14.9 Å². The van der Waals surface area contributed by atoms with Gasteiger partial charge in [-0.1, -0.05) is 65.1 Å². The molecule has 114 valence electrons. The van der Waals surface area contributed by atoms with Crippen LogP contribution in [0.4, 0.5) is 4.79 Å². The molecule has 4 nitrogen and oxygen atoms in total. The van der Waals surface area contributed by atoms with E-state index in [1.165, 1.54) is 13.8 Å². The largest absolute Gasteiger partial charge is 0.506 e. The van der Waals surface area contributed by atoms with E-state index in [0.29, 0.717) is 0 Å². The van der Waals surface area contributed by atoms with Crippen LogP contribution >= 0.6 is 34.8 Å². The third-order valence-electron chi connectivity index (χ3n) is 2.31. The van der Waals surface area contributed by atoms with Crippen LogP contribution in [0.5, 0.6) is 0 Å². The van der Waals surface area contributed by atoms with Crippen LogP contribution in [0.25, 0.3) is 0 Å². The van der Waals surface area contributed by atoms with Crippen molar-refractivity contribution in [1.29, 1.82) is 0 Å². The fourth-order valence-corrected chi connectivity index (χ4v) is 1.12. The standard InChI is InChI=1S/C8H10O.C5H7Cl3O3/c1-7(9)8-5-3-2-4-6-8;1-4(2,5(6,7)8)11-3(9)10/h2-7,9H,1H3;1-2H3,(H,9,10). The molecule has 0 aliphatic carbocycles. The number of rotatable bonds is 2. The molecule has 0 amide bonds. The van der Waals surface area contributed by atoms with E-state index in [4.69, 9.17) is 45.0 Å². The topological polar surface area (TPSA) is 66.8 Å². The van der Waals surface area contributed by atoms with Crippen LogP contribution in [-0.4, -0.2) is 25.8 Å². The summed E-state index contributed by atoms with van der Waals surface area (Å²) < 4.78 is 2.56. The molecule has 1 aromatic rings. The summed E-state index contributed by atoms with van der Waals surface area (Å²) >= 11 is 16.2. The van der Waals surface area contributed by atoms with E-state index in [9.17, 15) is 4.79 Å². The third kappa shape index (κ3) is 7.20. The minimum absolute atomic E-state index is 0.341. The Balaban J connectivity index is 0.000000367. The minimum Gasteiger partial charge on any atom is -0.450 e. The Hall–Kier alpha value is -0.680. The first-order chi connectivity index (χ1) is 8.97. The molecule has 0 heterocycles. The highest BCUT2D eigenvalue weighted by Crippen LogP contribution is 2.40. The first kappa shape index (κ1) is 19.3. The molecule has 0 bridgehead atoms. The zero-order valence-electron chi connectivity index (χ0n) is 11.3. The number of benzene rings is 1. The Bertz CT molecular complexity index is 413. The summed E-state index contributed by atoms with van der Waals surface area (Å²) in [6.07, 6.45) is -1.81. The number of ether oxygens (including phenoxy) is 1. The molecule has 0 saturated heterocycles. The normalized spacial score (nSPS) is 12.9. The van der Waals surface area contributed by atoms with Crippen LogP contribution < -0.4 is 0 Å². The first-order valence-electron chi connectivity index (χ1n) is 5.69. The van der Waals surface area contributed by atoms with Crippen molar-refractivity contribution in [3.8, 4) is 0 Å². The lowest BCUT2D eigenvalue weighted by Crippen LogP contribution is -2.40. The molecule has 7 heteroatoms. The maximum atomic E-state index is 10.1. The van der Waals surface area contributed by atoms with E-state index in [0.717, 1.165) is 5.56 Å². The molecular formula is C13H17Cl3O4. The van der Waals surface area contributed by atoms with E-state index in [1.54, 1.807) is 6.92 Å². The molecule has 1 atom stereocenters. The van der Waals surface area contributed by atoms with Crippen molar-refractivity contribution >= 4 is 41.0 Å². The Morgan fingerprint density at radius 1 is 1.20 bits per heavy atom. The van der Waals surface area contributed by atoms with Crippen LogP contribution in [0.3, 0.4) is 0 Å². The van der Waals surface area contributed by atoms with Crippen LogP contribution in [0.1, 0.15) is 32.4 Å². The molecule has 1 aromatic carbocycles. The Kier molecular flexibility index (Phi) is 7.66. The number of hydrogen-bond donors (Lipinski definition) is 2. The summed E-state index contributed by atoms with van der Waals surface area (Å²) in [6.45, 7) is 4.50. The first-order valence-corrected chi connectivity index (χ1v) is 6.82. The van der Waals surface area contributed by atoms with E-state index in [-0.39, 0.29) is 6.10 Å². The predicted octanol–water partition coefficient (Wildman–Crippen LogP) is 4.57. The van der Waals surface area contributed by atoms with Gasteiger partial charge in [0.25, 0.3) is 0 Å².